The maximum absolute atomic E-state index is 5.65. The zero-order valence-electron chi connectivity index (χ0n) is 11.1. The normalized spacial score (nSPS) is 10.5. The van der Waals surface area contributed by atoms with Crippen LogP contribution in [-0.4, -0.2) is 42.1 Å². The molecule has 5 heteroatoms. The van der Waals surface area contributed by atoms with Crippen molar-refractivity contribution in [3.63, 3.8) is 0 Å². The number of benzene rings is 1. The lowest BCUT2D eigenvalue weighted by Crippen LogP contribution is -2.19. The summed E-state index contributed by atoms with van der Waals surface area (Å²) in [5, 5.41) is 0. The molecule has 0 bridgehead atoms. The summed E-state index contributed by atoms with van der Waals surface area (Å²) in [5.41, 5.74) is 0. The van der Waals surface area contributed by atoms with Crippen molar-refractivity contribution >= 4 is 0 Å². The van der Waals surface area contributed by atoms with Gasteiger partial charge in [0.05, 0.1) is 0 Å². The smallest absolute Gasteiger partial charge is 0.283 e. The first-order valence-electron chi connectivity index (χ1n) is 6.07. The molecule has 19 heavy (non-hydrogen) atoms. The Labute approximate surface area is 112 Å². The molecule has 0 fully saturated rings. The molecular weight excluding hydrogens is 242 g/mol. The van der Waals surface area contributed by atoms with Crippen LogP contribution in [0.5, 0.6) is 17.5 Å². The highest BCUT2D eigenvalue weighted by molar-refractivity contribution is 5.31. The summed E-state index contributed by atoms with van der Waals surface area (Å²) in [7, 11) is 3.98. The second-order valence-electron chi connectivity index (χ2n) is 4.23. The van der Waals surface area contributed by atoms with E-state index >= 15 is 0 Å². The van der Waals surface area contributed by atoms with Gasteiger partial charge >= 0.3 is 0 Å². The van der Waals surface area contributed by atoms with Gasteiger partial charge in [0.15, 0.2) is 0 Å². The average molecular weight is 259 g/mol. The summed E-state index contributed by atoms with van der Waals surface area (Å²) in [5.74, 6) is 1.50. The van der Waals surface area contributed by atoms with Crippen LogP contribution in [0.25, 0.3) is 0 Å². The van der Waals surface area contributed by atoms with Crippen molar-refractivity contribution in [1.82, 2.24) is 14.9 Å². The lowest BCUT2D eigenvalue weighted by Gasteiger charge is -2.12. The van der Waals surface area contributed by atoms with E-state index in [-0.39, 0.29) is 0 Å². The van der Waals surface area contributed by atoms with E-state index in [0.29, 0.717) is 24.1 Å². The molecule has 100 valence electrons. The van der Waals surface area contributed by atoms with E-state index in [1.165, 1.54) is 0 Å². The zero-order chi connectivity index (χ0) is 13.5. The molecule has 2 rings (SSSR count). The molecule has 0 aliphatic carbocycles. The van der Waals surface area contributed by atoms with Gasteiger partial charge in [0, 0.05) is 18.9 Å². The first kappa shape index (κ1) is 13.3. The molecule has 1 aromatic carbocycles. The predicted octanol–water partition coefficient (Wildman–Crippen LogP) is 2.21. The fraction of sp³-hybridized carbons (Fsp3) is 0.286. The van der Waals surface area contributed by atoms with E-state index in [1.54, 1.807) is 12.4 Å². The van der Waals surface area contributed by atoms with Crippen LogP contribution < -0.4 is 9.47 Å². The molecule has 2 aromatic rings. The van der Waals surface area contributed by atoms with Gasteiger partial charge in [-0.25, -0.2) is 9.97 Å². The van der Waals surface area contributed by atoms with Crippen LogP contribution in [0, 0.1) is 0 Å². The number of nitrogens with zero attached hydrogens (tertiary/aromatic N) is 3. The number of hydrogen-bond donors (Lipinski definition) is 0. The maximum atomic E-state index is 5.65. The van der Waals surface area contributed by atoms with Crippen LogP contribution in [-0.2, 0) is 0 Å². The van der Waals surface area contributed by atoms with Crippen molar-refractivity contribution in [3.8, 4) is 17.5 Å². The van der Waals surface area contributed by atoms with E-state index in [1.807, 2.05) is 49.3 Å². The molecule has 0 amide bonds. The Morgan fingerprint density at radius 3 is 2.37 bits per heavy atom. The molecule has 0 N–H and O–H groups in total. The molecule has 0 aliphatic rings. The molecular formula is C14H17N3O2. The number of para-hydroxylation sites is 1. The van der Waals surface area contributed by atoms with Gasteiger partial charge in [-0.15, -0.1) is 0 Å². The highest BCUT2D eigenvalue weighted by Crippen LogP contribution is 2.26. The third-order valence-electron chi connectivity index (χ3n) is 2.37. The molecule has 0 saturated heterocycles. The molecule has 0 aliphatic heterocycles. The monoisotopic (exact) mass is 259 g/mol. The fourth-order valence-corrected chi connectivity index (χ4v) is 1.41. The second kappa shape index (κ2) is 6.70. The van der Waals surface area contributed by atoms with Gasteiger partial charge in [-0.05, 0) is 26.2 Å². The topological polar surface area (TPSA) is 47.5 Å². The van der Waals surface area contributed by atoms with Crippen LogP contribution in [0.15, 0.2) is 42.7 Å². The molecule has 0 atom stereocenters. The second-order valence-corrected chi connectivity index (χ2v) is 4.23. The molecule has 1 aromatic heterocycles. The minimum Gasteiger partial charge on any atom is -0.472 e. The quantitative estimate of drug-likeness (QED) is 0.796. The van der Waals surface area contributed by atoms with Crippen molar-refractivity contribution in [2.75, 3.05) is 27.2 Å². The summed E-state index contributed by atoms with van der Waals surface area (Å²) in [6, 6.07) is 9.45. The number of aromatic nitrogens is 2. The number of rotatable bonds is 6. The summed E-state index contributed by atoms with van der Waals surface area (Å²) in [4.78, 5) is 10.3. The van der Waals surface area contributed by atoms with Gasteiger partial charge in [-0.3, -0.25) is 0 Å². The van der Waals surface area contributed by atoms with E-state index < -0.39 is 0 Å². The lowest BCUT2D eigenvalue weighted by atomic mass is 10.3. The molecule has 0 radical (unpaired) electrons. The Morgan fingerprint density at radius 2 is 1.68 bits per heavy atom. The van der Waals surface area contributed by atoms with Crippen LogP contribution in [0.3, 0.4) is 0 Å². The number of ether oxygens (including phenoxy) is 2. The van der Waals surface area contributed by atoms with Gasteiger partial charge in [0.25, 0.3) is 11.8 Å². The third-order valence-corrected chi connectivity index (χ3v) is 2.37. The Kier molecular flexibility index (Phi) is 4.69. The fourth-order valence-electron chi connectivity index (χ4n) is 1.41. The highest BCUT2D eigenvalue weighted by atomic mass is 16.5. The maximum Gasteiger partial charge on any atom is 0.283 e. The summed E-state index contributed by atoms with van der Waals surface area (Å²) in [6.45, 7) is 1.35. The van der Waals surface area contributed by atoms with Crippen molar-refractivity contribution < 1.29 is 9.47 Å². The van der Waals surface area contributed by atoms with Crippen LogP contribution in [0.1, 0.15) is 0 Å². The zero-order valence-corrected chi connectivity index (χ0v) is 11.1. The van der Waals surface area contributed by atoms with E-state index in [9.17, 15) is 0 Å². The summed E-state index contributed by atoms with van der Waals surface area (Å²) >= 11 is 0. The molecule has 0 unspecified atom stereocenters. The van der Waals surface area contributed by atoms with Gasteiger partial charge in [0.2, 0.25) is 0 Å². The van der Waals surface area contributed by atoms with E-state index in [2.05, 4.69) is 9.97 Å². The standard InChI is InChI=1S/C14H17N3O2/c1-17(2)10-11-18-13-14(16-9-8-15-13)19-12-6-4-3-5-7-12/h3-9H,10-11H2,1-2H3. The molecule has 0 spiro atoms. The minimum absolute atomic E-state index is 0.382. The Balaban J connectivity index is 2.04. The Hall–Kier alpha value is -2.14. The van der Waals surface area contributed by atoms with Crippen molar-refractivity contribution in [2.24, 2.45) is 0 Å². The van der Waals surface area contributed by atoms with Gasteiger partial charge in [-0.2, -0.15) is 0 Å². The largest absolute Gasteiger partial charge is 0.472 e. The van der Waals surface area contributed by atoms with E-state index in [0.717, 1.165) is 6.54 Å². The molecule has 0 saturated carbocycles. The van der Waals surface area contributed by atoms with Crippen LogP contribution in [0.4, 0.5) is 0 Å². The predicted molar refractivity (Wildman–Crippen MR) is 72.6 cm³/mol. The van der Waals surface area contributed by atoms with Crippen molar-refractivity contribution in [1.29, 1.82) is 0 Å². The average Bonchev–Trinajstić information content (AvgIpc) is 2.41. The first-order valence-corrected chi connectivity index (χ1v) is 6.07. The SMILES string of the molecule is CN(C)CCOc1nccnc1Oc1ccccc1. The van der Waals surface area contributed by atoms with Crippen molar-refractivity contribution in [2.45, 2.75) is 0 Å². The van der Waals surface area contributed by atoms with Crippen LogP contribution in [0.2, 0.25) is 0 Å². The minimum atomic E-state index is 0.382. The Bertz CT molecular complexity index is 503. The first-order chi connectivity index (χ1) is 9.25. The number of likely N-dealkylation sites (N-methyl/N-ethyl adjacent to an activating group) is 1. The summed E-state index contributed by atoms with van der Waals surface area (Å²) in [6.07, 6.45) is 3.17. The molecule has 1 heterocycles. The van der Waals surface area contributed by atoms with E-state index in [4.69, 9.17) is 9.47 Å². The summed E-state index contributed by atoms with van der Waals surface area (Å²) < 4.78 is 11.2. The lowest BCUT2D eigenvalue weighted by molar-refractivity contribution is 0.243. The van der Waals surface area contributed by atoms with Gasteiger partial charge in [0.1, 0.15) is 12.4 Å². The van der Waals surface area contributed by atoms with Crippen molar-refractivity contribution in [3.05, 3.63) is 42.7 Å². The van der Waals surface area contributed by atoms with Gasteiger partial charge < -0.3 is 14.4 Å². The number of hydrogen-bond acceptors (Lipinski definition) is 5. The van der Waals surface area contributed by atoms with Gasteiger partial charge in [-0.1, -0.05) is 18.2 Å². The highest BCUT2D eigenvalue weighted by Gasteiger charge is 2.09. The molecule has 5 nitrogen and oxygen atoms in total. The van der Waals surface area contributed by atoms with Crippen LogP contribution >= 0.6 is 0 Å². The third kappa shape index (κ3) is 4.22. The Morgan fingerprint density at radius 1 is 1.00 bits per heavy atom.